The predicted molar refractivity (Wildman–Crippen MR) is 117 cm³/mol. The zero-order valence-electron chi connectivity index (χ0n) is 19.0. The number of aromatic nitrogens is 1. The van der Waals surface area contributed by atoms with Gasteiger partial charge in [0.1, 0.15) is 23.3 Å². The normalized spacial score (nSPS) is 18.1. The lowest BCUT2D eigenvalue weighted by molar-refractivity contribution is -0.140. The number of carbonyl (C=O) groups is 3. The lowest BCUT2D eigenvalue weighted by Gasteiger charge is -2.24. The molecule has 2 aromatic rings. The Balaban J connectivity index is 2.10. The van der Waals surface area contributed by atoms with Crippen molar-refractivity contribution in [3.63, 3.8) is 0 Å². The van der Waals surface area contributed by atoms with Crippen molar-refractivity contribution in [2.45, 2.75) is 33.2 Å². The molecule has 32 heavy (non-hydrogen) atoms. The molecule has 172 valence electrons. The number of esters is 1. The standard InChI is InChI=1S/C23H29N3O6/c1-6-31-23(30)18-13(2)16(14(3)24-18)20(27)17-19(15-9-7-12-32-15)26(22(29)21(17)28)11-8-10-25(4)5/h7,9,12,19,24,27H,6,8,10-11H2,1-5H3/b20-17-. The Hall–Kier alpha value is -3.33. The first-order valence-electron chi connectivity index (χ1n) is 10.5. The van der Waals surface area contributed by atoms with Crippen molar-refractivity contribution in [1.82, 2.24) is 14.8 Å². The molecular formula is C23H29N3O6. The maximum Gasteiger partial charge on any atom is 0.355 e. The van der Waals surface area contributed by atoms with Gasteiger partial charge in [-0.3, -0.25) is 9.59 Å². The van der Waals surface area contributed by atoms with Gasteiger partial charge in [0.25, 0.3) is 11.7 Å². The number of nitrogens with zero attached hydrogens (tertiary/aromatic N) is 2. The third-order valence-corrected chi connectivity index (χ3v) is 5.51. The van der Waals surface area contributed by atoms with Crippen LogP contribution >= 0.6 is 0 Å². The van der Waals surface area contributed by atoms with E-state index in [1.165, 1.54) is 11.2 Å². The smallest absolute Gasteiger partial charge is 0.355 e. The number of amides is 1. The minimum atomic E-state index is -0.855. The van der Waals surface area contributed by atoms with Gasteiger partial charge in [-0.15, -0.1) is 0 Å². The SMILES string of the molecule is CCOC(=O)c1[nH]c(C)c(/C(O)=C2/C(=O)C(=O)N(CCCN(C)C)C2c2ccco2)c1C. The summed E-state index contributed by atoms with van der Waals surface area (Å²) in [5.41, 5.74) is 1.36. The Kier molecular flexibility index (Phi) is 6.88. The molecule has 0 saturated carbocycles. The predicted octanol–water partition coefficient (Wildman–Crippen LogP) is 2.77. The van der Waals surface area contributed by atoms with E-state index in [9.17, 15) is 19.5 Å². The molecule has 1 aliphatic heterocycles. The summed E-state index contributed by atoms with van der Waals surface area (Å²) in [7, 11) is 3.85. The molecule has 1 fully saturated rings. The minimum Gasteiger partial charge on any atom is -0.507 e. The average Bonchev–Trinajstić information content (AvgIpc) is 3.41. The number of likely N-dealkylation sites (tertiary alicyclic amines) is 1. The Labute approximate surface area is 186 Å². The van der Waals surface area contributed by atoms with E-state index in [0.717, 1.165) is 6.54 Å². The summed E-state index contributed by atoms with van der Waals surface area (Å²) in [5.74, 6) is -2.00. The maximum absolute atomic E-state index is 13.0. The fourth-order valence-electron chi connectivity index (χ4n) is 4.06. The van der Waals surface area contributed by atoms with Crippen molar-refractivity contribution in [2.75, 3.05) is 33.8 Å². The van der Waals surface area contributed by atoms with E-state index in [1.54, 1.807) is 32.9 Å². The van der Waals surface area contributed by atoms with Crippen molar-refractivity contribution >= 4 is 23.4 Å². The number of ether oxygens (including phenoxy) is 1. The van der Waals surface area contributed by atoms with Gasteiger partial charge in [-0.1, -0.05) is 0 Å². The second-order valence-electron chi connectivity index (χ2n) is 8.01. The van der Waals surface area contributed by atoms with Gasteiger partial charge in [0, 0.05) is 17.8 Å². The molecule has 3 heterocycles. The molecule has 0 aromatic carbocycles. The van der Waals surface area contributed by atoms with Crippen molar-refractivity contribution in [3.05, 3.63) is 52.2 Å². The van der Waals surface area contributed by atoms with Crippen LogP contribution in [0.25, 0.3) is 5.76 Å². The largest absolute Gasteiger partial charge is 0.507 e. The molecule has 0 bridgehead atoms. The molecule has 2 aromatic heterocycles. The summed E-state index contributed by atoms with van der Waals surface area (Å²) >= 11 is 0. The summed E-state index contributed by atoms with van der Waals surface area (Å²) in [4.78, 5) is 44.5. The van der Waals surface area contributed by atoms with Crippen LogP contribution in [0, 0.1) is 13.8 Å². The first kappa shape index (κ1) is 23.3. The number of H-pyrrole nitrogens is 1. The van der Waals surface area contributed by atoms with Crippen LogP contribution in [0.15, 0.2) is 28.4 Å². The third kappa shape index (κ3) is 4.20. The molecule has 1 amide bonds. The highest BCUT2D eigenvalue weighted by Crippen LogP contribution is 2.41. The Morgan fingerprint density at radius 1 is 1.31 bits per heavy atom. The summed E-state index contributed by atoms with van der Waals surface area (Å²) in [6.45, 7) is 6.29. The Bertz CT molecular complexity index is 1050. The van der Waals surface area contributed by atoms with Gasteiger partial charge in [-0.2, -0.15) is 0 Å². The van der Waals surface area contributed by atoms with Crippen LogP contribution in [0.5, 0.6) is 0 Å². The zero-order valence-corrected chi connectivity index (χ0v) is 19.0. The fraction of sp³-hybridized carbons (Fsp3) is 0.435. The first-order chi connectivity index (χ1) is 15.2. The van der Waals surface area contributed by atoms with Crippen LogP contribution in [-0.2, 0) is 14.3 Å². The number of nitrogens with one attached hydrogen (secondary N) is 1. The lowest BCUT2D eigenvalue weighted by atomic mass is 9.97. The number of hydrogen-bond donors (Lipinski definition) is 2. The van der Waals surface area contributed by atoms with Gasteiger partial charge in [0.2, 0.25) is 0 Å². The van der Waals surface area contributed by atoms with Crippen molar-refractivity contribution in [2.24, 2.45) is 0 Å². The molecule has 1 saturated heterocycles. The van der Waals surface area contributed by atoms with Crippen molar-refractivity contribution < 1.29 is 28.6 Å². The van der Waals surface area contributed by atoms with E-state index in [0.29, 0.717) is 35.5 Å². The van der Waals surface area contributed by atoms with E-state index in [4.69, 9.17) is 9.15 Å². The molecule has 0 spiro atoms. The number of hydrogen-bond acceptors (Lipinski definition) is 7. The molecule has 9 nitrogen and oxygen atoms in total. The Morgan fingerprint density at radius 3 is 2.62 bits per heavy atom. The number of furan rings is 1. The van der Waals surface area contributed by atoms with Gasteiger partial charge in [-0.25, -0.2) is 4.79 Å². The summed E-state index contributed by atoms with van der Waals surface area (Å²) in [5, 5.41) is 11.3. The fourth-order valence-corrected chi connectivity index (χ4v) is 4.06. The van der Waals surface area contributed by atoms with E-state index in [-0.39, 0.29) is 23.6 Å². The third-order valence-electron chi connectivity index (χ3n) is 5.51. The van der Waals surface area contributed by atoms with Crippen molar-refractivity contribution in [3.8, 4) is 0 Å². The highest BCUT2D eigenvalue weighted by Gasteiger charge is 2.47. The molecule has 1 atom stereocenters. The van der Waals surface area contributed by atoms with E-state index in [1.807, 2.05) is 19.0 Å². The number of aryl methyl sites for hydroxylation is 1. The molecule has 0 aliphatic carbocycles. The van der Waals surface area contributed by atoms with Crippen LogP contribution < -0.4 is 0 Å². The quantitative estimate of drug-likeness (QED) is 0.279. The highest BCUT2D eigenvalue weighted by molar-refractivity contribution is 6.46. The van der Waals surface area contributed by atoms with Crippen LogP contribution in [0.3, 0.4) is 0 Å². The summed E-state index contributed by atoms with van der Waals surface area (Å²) in [6.07, 6.45) is 2.10. The monoisotopic (exact) mass is 443 g/mol. The topological polar surface area (TPSA) is 116 Å². The van der Waals surface area contributed by atoms with Crippen LogP contribution in [0.4, 0.5) is 0 Å². The molecular weight excluding hydrogens is 414 g/mol. The van der Waals surface area contributed by atoms with Gasteiger partial charge in [0.15, 0.2) is 0 Å². The number of rotatable bonds is 8. The van der Waals surface area contributed by atoms with Crippen LogP contribution in [-0.4, -0.2) is 71.3 Å². The molecule has 2 N–H and O–H groups in total. The van der Waals surface area contributed by atoms with Crippen LogP contribution in [0.1, 0.15) is 52.5 Å². The number of aliphatic hydroxyl groups is 1. The van der Waals surface area contributed by atoms with Crippen LogP contribution in [0.2, 0.25) is 0 Å². The number of carbonyl (C=O) groups excluding carboxylic acids is 3. The van der Waals surface area contributed by atoms with E-state index in [2.05, 4.69) is 4.98 Å². The number of aromatic amines is 1. The second kappa shape index (κ2) is 9.44. The number of aliphatic hydroxyl groups excluding tert-OH is 1. The Morgan fingerprint density at radius 2 is 2.03 bits per heavy atom. The van der Waals surface area contributed by atoms with Gasteiger partial charge >= 0.3 is 5.97 Å². The van der Waals surface area contributed by atoms with E-state index < -0.39 is 23.7 Å². The maximum atomic E-state index is 13.0. The first-order valence-corrected chi connectivity index (χ1v) is 10.5. The summed E-state index contributed by atoms with van der Waals surface area (Å²) < 4.78 is 10.6. The zero-order chi connectivity index (χ0) is 23.6. The molecule has 0 radical (unpaired) electrons. The van der Waals surface area contributed by atoms with E-state index >= 15 is 0 Å². The second-order valence-corrected chi connectivity index (χ2v) is 8.01. The minimum absolute atomic E-state index is 0.0598. The summed E-state index contributed by atoms with van der Waals surface area (Å²) in [6, 6.07) is 2.48. The van der Waals surface area contributed by atoms with Gasteiger partial charge < -0.3 is 29.0 Å². The lowest BCUT2D eigenvalue weighted by Crippen LogP contribution is -2.32. The molecule has 9 heteroatoms. The van der Waals surface area contributed by atoms with Crippen molar-refractivity contribution in [1.29, 1.82) is 0 Å². The average molecular weight is 444 g/mol. The van der Waals surface area contributed by atoms with Gasteiger partial charge in [-0.05, 0) is 65.5 Å². The highest BCUT2D eigenvalue weighted by atomic mass is 16.5. The number of ketones is 1. The molecule has 1 unspecified atom stereocenters. The number of Topliss-reactive ketones (excluding diaryl/α,β-unsaturated/α-hetero) is 1. The van der Waals surface area contributed by atoms with Gasteiger partial charge in [0.05, 0.1) is 18.4 Å². The molecule has 1 aliphatic rings. The molecule has 3 rings (SSSR count).